The Labute approximate surface area is 113 Å². The smallest absolute Gasteiger partial charge is 0.173 e. The average Bonchev–Trinajstić information content (AvgIpc) is 2.41. The fourth-order valence-corrected chi connectivity index (χ4v) is 5.26. The van der Waals surface area contributed by atoms with Crippen molar-refractivity contribution in [1.29, 1.82) is 0 Å². The Bertz CT molecular complexity index is 350. The number of piperidine rings is 1. The fourth-order valence-electron chi connectivity index (χ4n) is 4.02. The molecule has 2 aliphatic heterocycles. The van der Waals surface area contributed by atoms with Gasteiger partial charge in [-0.1, -0.05) is 20.8 Å². The molecule has 104 valence electrons. The number of rotatable bonds is 2. The predicted molar refractivity (Wildman–Crippen MR) is 76.0 cm³/mol. The Balaban J connectivity index is 2.43. The minimum absolute atomic E-state index is 0.0173. The van der Waals surface area contributed by atoms with E-state index in [1.165, 1.54) is 0 Å². The third-order valence-corrected chi connectivity index (χ3v) is 5.38. The molecule has 18 heavy (non-hydrogen) atoms. The molecule has 3 unspecified atom stereocenters. The Morgan fingerprint density at radius 3 is 2.50 bits per heavy atom. The molecule has 3 nitrogen and oxygen atoms in total. The van der Waals surface area contributed by atoms with Gasteiger partial charge in [0, 0.05) is 12.5 Å². The van der Waals surface area contributed by atoms with Gasteiger partial charge in [-0.05, 0) is 38.4 Å². The maximum absolute atomic E-state index is 12.5. The molecule has 2 rings (SSSR count). The van der Waals surface area contributed by atoms with Crippen LogP contribution in [-0.4, -0.2) is 38.5 Å². The summed E-state index contributed by atoms with van der Waals surface area (Å²) in [7, 11) is 0.981. The number of nitrogens with zero attached hydrogens (tertiary/aromatic N) is 1. The molecule has 0 aliphatic carbocycles. The van der Waals surface area contributed by atoms with Gasteiger partial charge in [-0.15, -0.1) is 0 Å². The molecule has 0 N–H and O–H groups in total. The van der Waals surface area contributed by atoms with Crippen LogP contribution in [0.25, 0.3) is 0 Å². The normalized spacial score (nSPS) is 37.6. The van der Waals surface area contributed by atoms with Crippen LogP contribution < -0.4 is 0 Å². The molecular weight excluding hydrogens is 242 g/mol. The van der Waals surface area contributed by atoms with Crippen LogP contribution in [0.5, 0.6) is 0 Å². The van der Waals surface area contributed by atoms with E-state index >= 15 is 0 Å². The molecule has 0 spiro atoms. The lowest BCUT2D eigenvalue weighted by Crippen LogP contribution is -2.63. The number of Topliss-reactive ketones (excluding diaryl/α,β-unsaturated/α-hetero) is 1. The van der Waals surface area contributed by atoms with Crippen molar-refractivity contribution >= 4 is 14.8 Å². The van der Waals surface area contributed by atoms with E-state index in [0.717, 1.165) is 12.8 Å². The molecule has 4 heteroatoms. The zero-order valence-electron chi connectivity index (χ0n) is 12.6. The van der Waals surface area contributed by atoms with Crippen LogP contribution in [0.1, 0.15) is 40.0 Å². The molecule has 3 atom stereocenters. The van der Waals surface area contributed by atoms with Crippen molar-refractivity contribution in [3.63, 3.8) is 0 Å². The summed E-state index contributed by atoms with van der Waals surface area (Å²) in [5.41, 5.74) is -0.331. The van der Waals surface area contributed by atoms with Crippen LogP contribution in [0.3, 0.4) is 0 Å². The van der Waals surface area contributed by atoms with E-state index in [4.69, 9.17) is 4.43 Å². The monoisotopic (exact) mass is 269 g/mol. The summed E-state index contributed by atoms with van der Waals surface area (Å²) in [6, 6.07) is 0.406. The Kier molecular flexibility index (Phi) is 3.50. The third kappa shape index (κ3) is 2.08. The number of carbonyl (C=O) groups is 1. The lowest BCUT2D eigenvalue weighted by molar-refractivity contribution is -0.173. The Hall–Kier alpha value is -0.193. The van der Waals surface area contributed by atoms with Gasteiger partial charge in [0.05, 0.1) is 5.92 Å². The minimum Gasteiger partial charge on any atom is -0.402 e. The van der Waals surface area contributed by atoms with Gasteiger partial charge in [0.15, 0.2) is 9.04 Å². The first-order valence-electron chi connectivity index (χ1n) is 7.12. The second-order valence-electron chi connectivity index (χ2n) is 7.28. The van der Waals surface area contributed by atoms with E-state index in [-0.39, 0.29) is 17.1 Å². The van der Waals surface area contributed by atoms with E-state index in [0.29, 0.717) is 18.2 Å². The van der Waals surface area contributed by atoms with E-state index in [1.54, 1.807) is 0 Å². The standard InChI is InChI=1S/C14H27NO2Si/c1-13(2,3)12-11(16)9-10-7-8-14(12,15(10)4)17-18(5)6/h10,12,18H,7-9H2,1-6H3. The number of hydrogen-bond acceptors (Lipinski definition) is 3. The molecule has 2 heterocycles. The summed E-state index contributed by atoms with van der Waals surface area (Å²) >= 11 is 0. The Morgan fingerprint density at radius 1 is 1.39 bits per heavy atom. The van der Waals surface area contributed by atoms with Crippen molar-refractivity contribution < 1.29 is 9.22 Å². The molecule has 0 aromatic heterocycles. The van der Waals surface area contributed by atoms with Crippen molar-refractivity contribution in [3.05, 3.63) is 0 Å². The molecule has 2 aliphatic rings. The van der Waals surface area contributed by atoms with Gasteiger partial charge in [-0.25, -0.2) is 0 Å². The summed E-state index contributed by atoms with van der Waals surface area (Å²) in [6.45, 7) is 10.9. The maximum atomic E-state index is 12.5. The van der Waals surface area contributed by atoms with Crippen LogP contribution in [0, 0.1) is 11.3 Å². The van der Waals surface area contributed by atoms with E-state index in [9.17, 15) is 4.79 Å². The molecule has 0 saturated carbocycles. The fraction of sp³-hybridized carbons (Fsp3) is 0.929. The second kappa shape index (κ2) is 4.42. The highest BCUT2D eigenvalue weighted by atomic mass is 28.3. The van der Waals surface area contributed by atoms with Gasteiger partial charge in [0.2, 0.25) is 0 Å². The lowest BCUT2D eigenvalue weighted by atomic mass is 9.69. The largest absolute Gasteiger partial charge is 0.402 e. The van der Waals surface area contributed by atoms with Crippen molar-refractivity contribution in [2.75, 3.05) is 7.05 Å². The van der Waals surface area contributed by atoms with Crippen molar-refractivity contribution in [2.24, 2.45) is 11.3 Å². The van der Waals surface area contributed by atoms with Crippen molar-refractivity contribution in [2.45, 2.75) is 64.9 Å². The second-order valence-corrected chi connectivity index (χ2v) is 9.62. The maximum Gasteiger partial charge on any atom is 0.173 e. The van der Waals surface area contributed by atoms with Crippen molar-refractivity contribution in [3.8, 4) is 0 Å². The van der Waals surface area contributed by atoms with Gasteiger partial charge >= 0.3 is 0 Å². The van der Waals surface area contributed by atoms with Gasteiger partial charge in [-0.3, -0.25) is 9.69 Å². The quantitative estimate of drug-likeness (QED) is 0.721. The van der Waals surface area contributed by atoms with Crippen LogP contribution in [0.15, 0.2) is 0 Å². The third-order valence-electron chi connectivity index (χ3n) is 4.50. The van der Waals surface area contributed by atoms with E-state index < -0.39 is 9.04 Å². The highest BCUT2D eigenvalue weighted by Crippen LogP contribution is 2.51. The number of ketones is 1. The molecule has 0 radical (unpaired) electrons. The highest BCUT2D eigenvalue weighted by molar-refractivity contribution is 6.48. The van der Waals surface area contributed by atoms with Crippen LogP contribution in [0.4, 0.5) is 0 Å². The number of hydrogen-bond donors (Lipinski definition) is 0. The first-order chi connectivity index (χ1) is 8.18. The summed E-state index contributed by atoms with van der Waals surface area (Å²) in [6.07, 6.45) is 2.84. The van der Waals surface area contributed by atoms with Crippen LogP contribution >= 0.6 is 0 Å². The summed E-state index contributed by atoms with van der Waals surface area (Å²) in [5.74, 6) is 0.432. The summed E-state index contributed by atoms with van der Waals surface area (Å²) in [4.78, 5) is 14.9. The Morgan fingerprint density at radius 2 is 2.00 bits per heavy atom. The van der Waals surface area contributed by atoms with Gasteiger partial charge in [0.25, 0.3) is 0 Å². The van der Waals surface area contributed by atoms with Gasteiger partial charge in [-0.2, -0.15) is 0 Å². The SMILES string of the molecule is CN1C2CCC1(O[SiH](C)C)C(C(C)(C)C)C(=O)C2. The molecule has 0 amide bonds. The zero-order chi connectivity index (χ0) is 13.7. The number of fused-ring (bicyclic) bond motifs is 2. The summed E-state index contributed by atoms with van der Waals surface area (Å²) in [5, 5.41) is 0. The van der Waals surface area contributed by atoms with E-state index in [1.807, 2.05) is 0 Å². The van der Waals surface area contributed by atoms with Gasteiger partial charge in [0.1, 0.15) is 11.5 Å². The topological polar surface area (TPSA) is 29.5 Å². The lowest BCUT2D eigenvalue weighted by Gasteiger charge is -2.52. The average molecular weight is 269 g/mol. The zero-order valence-corrected chi connectivity index (χ0v) is 13.8. The van der Waals surface area contributed by atoms with E-state index in [2.05, 4.69) is 45.8 Å². The first kappa shape index (κ1) is 14.2. The molecular formula is C14H27NO2Si. The molecule has 2 saturated heterocycles. The molecule has 2 fully saturated rings. The van der Waals surface area contributed by atoms with Gasteiger partial charge < -0.3 is 4.43 Å². The minimum atomic E-state index is -1.17. The summed E-state index contributed by atoms with van der Waals surface area (Å²) < 4.78 is 6.44. The highest BCUT2D eigenvalue weighted by Gasteiger charge is 2.60. The molecule has 0 aromatic carbocycles. The van der Waals surface area contributed by atoms with Crippen molar-refractivity contribution in [1.82, 2.24) is 4.90 Å². The van der Waals surface area contributed by atoms with Crippen LogP contribution in [-0.2, 0) is 9.22 Å². The molecule has 2 bridgehead atoms. The first-order valence-corrected chi connectivity index (χ1v) is 9.90. The number of carbonyl (C=O) groups excluding carboxylic acids is 1. The predicted octanol–water partition coefficient (Wildman–Crippen LogP) is 2.41. The molecule has 0 aromatic rings. The van der Waals surface area contributed by atoms with Crippen LogP contribution in [0.2, 0.25) is 13.1 Å².